The third-order valence-electron chi connectivity index (χ3n) is 19.4. The van der Waals surface area contributed by atoms with Crippen molar-refractivity contribution in [3.05, 3.63) is 256 Å². The number of anilines is 3. The highest BCUT2D eigenvalue weighted by Crippen LogP contribution is 2.38. The predicted molar refractivity (Wildman–Crippen MR) is 471 cm³/mol. The van der Waals surface area contributed by atoms with Crippen molar-refractivity contribution in [2.24, 2.45) is 0 Å². The first-order chi connectivity index (χ1) is 57.2. The van der Waals surface area contributed by atoms with Crippen LogP contribution in [0.2, 0.25) is 0 Å². The summed E-state index contributed by atoms with van der Waals surface area (Å²) in [5.41, 5.74) is 15.6. The van der Waals surface area contributed by atoms with Crippen molar-refractivity contribution in [2.75, 3.05) is 56.9 Å². The van der Waals surface area contributed by atoms with Crippen molar-refractivity contribution in [3.8, 4) is 56.6 Å². The number of para-hydroxylation sites is 1. The number of benzene rings is 7. The van der Waals surface area contributed by atoms with Crippen molar-refractivity contribution in [1.29, 1.82) is 0 Å². The molecular weight excluding hydrogens is 1650 g/mol. The largest absolute Gasteiger partial charge is 0.497 e. The number of urea groups is 1. The van der Waals surface area contributed by atoms with Crippen molar-refractivity contribution in [1.82, 2.24) is 35.2 Å². The molecule has 0 spiro atoms. The Labute approximate surface area is 709 Å². The van der Waals surface area contributed by atoms with Crippen molar-refractivity contribution < 1.29 is 73.0 Å². The molecule has 15 rings (SSSR count). The fraction of sp³-hybridized carbons (Fsp3) is 0.264. The molecule has 3 amide bonds. The number of aliphatic hydroxyl groups is 2. The molecule has 3 aliphatic rings. The van der Waals surface area contributed by atoms with Crippen LogP contribution in [0.5, 0.6) is 23.0 Å². The van der Waals surface area contributed by atoms with Gasteiger partial charge in [0.2, 0.25) is 10.0 Å². The van der Waals surface area contributed by atoms with E-state index in [1.165, 1.54) is 43.4 Å². The number of nitrogens with one attached hydrogen (secondary N) is 6. The number of carbonyl (C=O) groups excluding carboxylic acids is 2. The molecule has 33 heteroatoms. The summed E-state index contributed by atoms with van der Waals surface area (Å²) in [5.74, 6) is 3.59. The van der Waals surface area contributed by atoms with Crippen LogP contribution in [0.25, 0.3) is 50.2 Å². The maximum Gasteiger partial charge on any atom is 0.321 e. The molecule has 7 aromatic carbocycles. The first-order valence-corrected chi connectivity index (χ1v) is 45.1. The summed E-state index contributed by atoms with van der Waals surface area (Å²) >= 11 is 3.91. The van der Waals surface area contributed by atoms with Crippen LogP contribution in [0.15, 0.2) is 201 Å². The molecule has 8 N–H and O–H groups in total. The number of carbonyl (C=O) groups is 2. The van der Waals surface area contributed by atoms with Gasteiger partial charge in [-0.2, -0.15) is 0 Å². The number of sulfonamides is 2. The molecule has 1 aliphatic carbocycles. The van der Waals surface area contributed by atoms with Gasteiger partial charge in [-0.3, -0.25) is 14.3 Å². The van der Waals surface area contributed by atoms with Crippen LogP contribution in [0.3, 0.4) is 0 Å². The molecule has 27 nitrogen and oxygen atoms in total. The molecule has 1 atom stereocenters. The van der Waals surface area contributed by atoms with Crippen LogP contribution in [-0.4, -0.2) is 120 Å². The van der Waals surface area contributed by atoms with Crippen LogP contribution in [0, 0.1) is 55.4 Å². The second-order valence-corrected chi connectivity index (χ2v) is 37.0. The van der Waals surface area contributed by atoms with Gasteiger partial charge in [-0.25, -0.2) is 39.8 Å². The fourth-order valence-corrected chi connectivity index (χ4v) is 20.1. The second kappa shape index (κ2) is 39.2. The number of hydrogen-bond donors (Lipinski definition) is 8. The number of methoxy groups -OCH3 is 3. The Morgan fingerprint density at radius 1 is 0.683 bits per heavy atom. The highest BCUT2D eigenvalue weighted by molar-refractivity contribution is 8.06. The Morgan fingerprint density at radius 3 is 1.98 bits per heavy atom. The number of nitrogens with zero attached hydrogens (tertiary/aromatic N) is 4. The molecule has 0 saturated heterocycles. The molecule has 5 aromatic heterocycles. The van der Waals surface area contributed by atoms with E-state index in [1.807, 2.05) is 109 Å². The SMILES string of the molecule is C=C1NC(c2cc(NC(=O)c3cccs3)cc(NS(=O)(=O)c3cccs3)c2)=CS1.COc1cc(OC)c2c(=O)[nH]c(-c3cc(C)c(OCCO)c(C)c3)nc2c1.COc1ccccc1S(=O)(=O)Cc1ccc2c(c1)CN(C)C(=O)N2.Cc1cc(-c2c(C)noc2C)cc(C(C)O)c1.Cc1ccc(-c2c(C)noc2C)cc1S(=O)(=O)NC1CCCC1. The molecule has 0 radical (unpaired) electrons. The van der Waals surface area contributed by atoms with Gasteiger partial charge in [0.25, 0.3) is 21.5 Å². The zero-order valence-corrected chi connectivity index (χ0v) is 73.3. The zero-order chi connectivity index (χ0) is 86.5. The predicted octanol–water partition coefficient (Wildman–Crippen LogP) is 17.0. The zero-order valence-electron chi connectivity index (χ0n) is 68.4. The molecule has 1 fully saturated rings. The van der Waals surface area contributed by atoms with Gasteiger partial charge < -0.3 is 64.0 Å². The molecule has 120 heavy (non-hydrogen) atoms. The first-order valence-electron chi connectivity index (χ1n) is 37.9. The minimum Gasteiger partial charge on any atom is -0.497 e. The summed E-state index contributed by atoms with van der Waals surface area (Å²) < 4.78 is 114. The molecule has 2 aliphatic heterocycles. The average Bonchev–Trinajstić information content (AvgIpc) is 1.44. The number of hydrogen-bond acceptors (Lipinski definition) is 24. The van der Waals surface area contributed by atoms with Gasteiger partial charge in [-0.15, -0.1) is 22.7 Å². The van der Waals surface area contributed by atoms with E-state index in [2.05, 4.69) is 58.3 Å². The van der Waals surface area contributed by atoms with E-state index in [-0.39, 0.29) is 51.6 Å². The number of aryl methyl sites for hydroxylation is 8. The van der Waals surface area contributed by atoms with E-state index in [0.717, 1.165) is 143 Å². The lowest BCUT2D eigenvalue weighted by Crippen LogP contribution is -2.35. The monoisotopic (exact) mass is 1740 g/mol. The van der Waals surface area contributed by atoms with Gasteiger partial charge in [0, 0.05) is 70.8 Å². The third-order valence-corrected chi connectivity index (χ3v) is 27.2. The number of aliphatic hydroxyl groups excluding tert-OH is 2. The summed E-state index contributed by atoms with van der Waals surface area (Å²) in [4.78, 5) is 46.8. The summed E-state index contributed by atoms with van der Waals surface area (Å²) in [5, 5.41) is 41.8. The van der Waals surface area contributed by atoms with Crippen LogP contribution < -0.4 is 49.9 Å². The van der Waals surface area contributed by atoms with E-state index < -0.39 is 36.0 Å². The number of thiophene rings is 2. The number of H-pyrrole nitrogens is 1. The van der Waals surface area contributed by atoms with Crippen molar-refractivity contribution >= 4 is 110 Å². The lowest BCUT2D eigenvalue weighted by Gasteiger charge is -2.26. The molecule has 1 saturated carbocycles. The van der Waals surface area contributed by atoms with E-state index >= 15 is 0 Å². The standard InChI is InChI=1S/C20H22N2O5.C19H15N3O3S4.C17H18N2O4S.C17H22N2O3S.C14H17NO2/c1-11-7-13(8-12(2)18(11)27-6-5-23)19-21-15-9-14(25-3)10-16(26-4)17(15)20(24)22-19;1-12-20-16(11-28-12)13-8-14(21-19(23)17-4-2-6-26-17)10-15(9-13)22-29(24,25)18-5-3-7-27-18;1-19-10-13-9-12(7-8-14(13)18-17(19)20)11-24(21,22)16-6-4-3-5-15(16)23-2;1-11-8-9-14(17-12(2)18-22-13(17)3)10-16(11)23(20,21)19-15-6-4-5-7-15;1-8-5-12(10(3)16)7-13(6-8)14-9(2)15-17-11(14)4/h7-10,23H,5-6H2,1-4H3,(H,21,22,24);2-11,20,22H,1H2,(H,21,23);3-9H,10-11H2,1-2H3,(H,18,20);8-10,15,19H,4-7H2,1-3H3;5-7,10,16H,1-4H3. The number of sulfone groups is 1. The summed E-state index contributed by atoms with van der Waals surface area (Å²) in [6.45, 7) is 21.4. The van der Waals surface area contributed by atoms with E-state index in [9.17, 15) is 44.7 Å². The first kappa shape index (κ1) is 89.4. The maximum atomic E-state index is 12.8. The highest BCUT2D eigenvalue weighted by atomic mass is 32.2. The normalized spacial score (nSPS) is 13.5. The number of aromatic amines is 1. The van der Waals surface area contributed by atoms with E-state index in [1.54, 1.807) is 122 Å². The number of aromatic nitrogens is 4. The summed E-state index contributed by atoms with van der Waals surface area (Å²) in [7, 11) is -4.57. The summed E-state index contributed by atoms with van der Waals surface area (Å²) in [6.07, 6.45) is 3.55. The topological polar surface area (TPSA) is 375 Å². The van der Waals surface area contributed by atoms with Gasteiger partial charge in [-0.05, 0) is 203 Å². The van der Waals surface area contributed by atoms with Crippen LogP contribution >= 0.6 is 34.4 Å². The van der Waals surface area contributed by atoms with Gasteiger partial charge >= 0.3 is 6.03 Å². The van der Waals surface area contributed by atoms with E-state index in [4.69, 9.17) is 33.1 Å². The lowest BCUT2D eigenvalue weighted by molar-refractivity contribution is 0.103. The van der Waals surface area contributed by atoms with Gasteiger partial charge in [0.1, 0.15) is 61.4 Å². The summed E-state index contributed by atoms with van der Waals surface area (Å²) in [6, 6.07) is 42.3. The second-order valence-electron chi connectivity index (χ2n) is 28.6. The molecule has 1 unspecified atom stereocenters. The minimum atomic E-state index is -3.71. The highest BCUT2D eigenvalue weighted by Gasteiger charge is 2.28. The molecule has 630 valence electrons. The quantitative estimate of drug-likeness (QED) is 0.0312. The van der Waals surface area contributed by atoms with Crippen molar-refractivity contribution in [2.45, 2.75) is 126 Å². The Morgan fingerprint density at radius 2 is 1.36 bits per heavy atom. The fourth-order valence-electron chi connectivity index (χ4n) is 13.8. The number of thioether (sulfide) groups is 1. The van der Waals surface area contributed by atoms with Gasteiger partial charge in [0.05, 0.1) is 82.9 Å². The molecule has 7 heterocycles. The Hall–Kier alpha value is -11.4. The van der Waals surface area contributed by atoms with Crippen LogP contribution in [0.1, 0.15) is 116 Å². The van der Waals surface area contributed by atoms with Crippen LogP contribution in [-0.2, 0) is 42.2 Å². The maximum absolute atomic E-state index is 12.8. The minimum absolute atomic E-state index is 0.0517. The third kappa shape index (κ3) is 22.0. The molecule has 12 aromatic rings. The lowest BCUT2D eigenvalue weighted by atomic mass is 9.97. The van der Waals surface area contributed by atoms with Crippen LogP contribution in [0.4, 0.5) is 21.9 Å². The number of amides is 3. The Balaban J connectivity index is 0.000000148. The smallest absolute Gasteiger partial charge is 0.321 e. The molecular formula is C87H94N10O17S6. The van der Waals surface area contributed by atoms with Crippen molar-refractivity contribution in [3.63, 3.8) is 0 Å². The molecule has 0 bridgehead atoms. The Bertz CT molecular complexity index is 6150. The number of rotatable bonds is 22. The van der Waals surface area contributed by atoms with E-state index in [0.29, 0.717) is 73.0 Å². The average molecular weight is 1740 g/mol. The van der Waals surface area contributed by atoms with Gasteiger partial charge in [0.15, 0.2) is 9.84 Å². The Kier molecular flexibility index (Phi) is 29.2. The van der Waals surface area contributed by atoms with Gasteiger partial charge in [-0.1, -0.05) is 108 Å². The number of fused-ring (bicyclic) bond motifs is 2. The number of ether oxygens (including phenoxy) is 4.